The summed E-state index contributed by atoms with van der Waals surface area (Å²) in [4.78, 5) is 15.4. The van der Waals surface area contributed by atoms with Crippen LogP contribution >= 0.6 is 23.2 Å². The number of phenolic OH excluding ortho intramolecular Hbond substituents is 1. The number of anilines is 1. The van der Waals surface area contributed by atoms with Gasteiger partial charge in [0.15, 0.2) is 11.5 Å². The first kappa shape index (κ1) is 31.7. The Kier molecular flexibility index (Phi) is 11.3. The van der Waals surface area contributed by atoms with Gasteiger partial charge in [-0.2, -0.15) is 0 Å². The van der Waals surface area contributed by atoms with Gasteiger partial charge in [0.05, 0.1) is 12.1 Å². The maximum absolute atomic E-state index is 10.5. The molecule has 4 N–H and O–H groups in total. The molecule has 1 saturated heterocycles. The fourth-order valence-electron chi connectivity index (χ4n) is 4.66. The van der Waals surface area contributed by atoms with E-state index in [1.54, 1.807) is 7.11 Å². The molecular formula is C33H34Cl2N4O4. The van der Waals surface area contributed by atoms with E-state index in [0.717, 1.165) is 60.2 Å². The second-order valence-corrected chi connectivity index (χ2v) is 10.6. The molecule has 4 aromatic carbocycles. The summed E-state index contributed by atoms with van der Waals surface area (Å²) in [7, 11) is 1.64. The lowest BCUT2D eigenvalue weighted by atomic mass is 10.0. The van der Waals surface area contributed by atoms with Crippen LogP contribution in [0.15, 0.2) is 84.9 Å². The van der Waals surface area contributed by atoms with Crippen LogP contribution in [0.3, 0.4) is 0 Å². The number of primary amides is 1. The van der Waals surface area contributed by atoms with Crippen LogP contribution in [-0.2, 0) is 0 Å². The van der Waals surface area contributed by atoms with E-state index in [9.17, 15) is 4.79 Å². The molecule has 0 unspecified atom stereocenters. The molecule has 0 aromatic heterocycles. The minimum atomic E-state index is -0.563. The Balaban J connectivity index is 0.000000324. The van der Waals surface area contributed by atoms with Gasteiger partial charge in [-0.15, -0.1) is 0 Å². The molecule has 0 radical (unpaired) electrons. The van der Waals surface area contributed by atoms with Gasteiger partial charge < -0.3 is 30.6 Å². The van der Waals surface area contributed by atoms with Crippen LogP contribution in [0.2, 0.25) is 10.0 Å². The van der Waals surface area contributed by atoms with Gasteiger partial charge in [-0.3, -0.25) is 9.69 Å². The summed E-state index contributed by atoms with van der Waals surface area (Å²) >= 11 is 11.5. The number of carbonyl (C=O) groups is 1. The molecule has 0 aliphatic carbocycles. The van der Waals surface area contributed by atoms with Crippen LogP contribution in [0.5, 0.6) is 17.2 Å². The predicted octanol–water partition coefficient (Wildman–Crippen LogP) is 6.36. The number of nitrogens with zero attached hydrogens (tertiary/aromatic N) is 2. The molecule has 0 spiro atoms. The van der Waals surface area contributed by atoms with Gasteiger partial charge in [0, 0.05) is 60.8 Å². The number of piperazine rings is 1. The average Bonchev–Trinajstić information content (AvgIpc) is 3.03. The van der Waals surface area contributed by atoms with Crippen LogP contribution < -0.4 is 20.1 Å². The van der Waals surface area contributed by atoms with Crippen molar-refractivity contribution in [2.24, 2.45) is 5.73 Å². The number of halogens is 2. The maximum atomic E-state index is 10.5. The van der Waals surface area contributed by atoms with Crippen molar-refractivity contribution in [2.75, 3.05) is 51.3 Å². The van der Waals surface area contributed by atoms with Gasteiger partial charge in [-0.05, 0) is 65.7 Å². The Bertz CT molecular complexity index is 1530. The Labute approximate surface area is 261 Å². The second kappa shape index (κ2) is 15.3. The van der Waals surface area contributed by atoms with E-state index in [4.69, 9.17) is 48.9 Å². The van der Waals surface area contributed by atoms with E-state index in [2.05, 4.69) is 21.9 Å². The zero-order valence-corrected chi connectivity index (χ0v) is 25.3. The molecule has 1 fully saturated rings. The largest absolute Gasteiger partial charge is 0.506 e. The van der Waals surface area contributed by atoms with Crippen molar-refractivity contribution in [3.8, 4) is 28.4 Å². The van der Waals surface area contributed by atoms with E-state index in [0.29, 0.717) is 12.4 Å². The number of amides is 1. The Hall–Kier alpha value is -4.24. The van der Waals surface area contributed by atoms with E-state index in [-0.39, 0.29) is 16.3 Å². The Morgan fingerprint density at radius 1 is 0.977 bits per heavy atom. The van der Waals surface area contributed by atoms with E-state index < -0.39 is 5.91 Å². The molecule has 43 heavy (non-hydrogen) atoms. The van der Waals surface area contributed by atoms with Crippen molar-refractivity contribution < 1.29 is 19.4 Å². The molecule has 4 aromatic rings. The van der Waals surface area contributed by atoms with Crippen molar-refractivity contribution in [2.45, 2.75) is 0 Å². The van der Waals surface area contributed by atoms with Crippen molar-refractivity contribution in [1.29, 1.82) is 5.41 Å². The van der Waals surface area contributed by atoms with Gasteiger partial charge in [-0.25, -0.2) is 0 Å². The number of aromatic hydroxyl groups is 1. The van der Waals surface area contributed by atoms with Gasteiger partial charge in [0.25, 0.3) is 0 Å². The first-order chi connectivity index (χ1) is 20.8. The molecule has 0 saturated carbocycles. The fourth-order valence-corrected chi connectivity index (χ4v) is 4.96. The van der Waals surface area contributed by atoms with E-state index >= 15 is 0 Å². The number of carbonyl (C=O) groups excluding carboxylic acids is 1. The van der Waals surface area contributed by atoms with Crippen LogP contribution in [0.4, 0.5) is 5.69 Å². The lowest BCUT2D eigenvalue weighted by Crippen LogP contribution is -2.47. The number of methoxy groups -OCH3 is 1. The number of hydrogen-bond donors (Lipinski definition) is 3. The molecule has 5 rings (SSSR count). The summed E-state index contributed by atoms with van der Waals surface area (Å²) in [6.07, 6.45) is 1.33. The zero-order valence-electron chi connectivity index (χ0n) is 23.8. The first-order valence-electron chi connectivity index (χ1n) is 13.7. The zero-order chi connectivity index (χ0) is 30.8. The van der Waals surface area contributed by atoms with Crippen molar-refractivity contribution in [3.63, 3.8) is 0 Å². The molecule has 1 heterocycles. The highest BCUT2D eigenvalue weighted by atomic mass is 35.5. The predicted molar refractivity (Wildman–Crippen MR) is 174 cm³/mol. The highest BCUT2D eigenvalue weighted by Gasteiger charge is 2.19. The lowest BCUT2D eigenvalue weighted by molar-refractivity contribution is 0.1000. The minimum absolute atomic E-state index is 0.0586. The monoisotopic (exact) mass is 620 g/mol. The highest BCUT2D eigenvalue weighted by Crippen LogP contribution is 2.39. The third-order valence-electron chi connectivity index (χ3n) is 7.00. The summed E-state index contributed by atoms with van der Waals surface area (Å²) < 4.78 is 11.9. The topological polar surface area (TPSA) is 112 Å². The summed E-state index contributed by atoms with van der Waals surface area (Å²) in [5.41, 5.74) is 9.22. The number of phenols is 1. The lowest BCUT2D eigenvalue weighted by Gasteiger charge is -2.36. The molecule has 0 bridgehead atoms. The summed E-state index contributed by atoms with van der Waals surface area (Å²) in [6.45, 7) is 5.35. The number of ether oxygens (including phenoxy) is 2. The molecule has 1 amide bonds. The van der Waals surface area contributed by atoms with Gasteiger partial charge in [0.1, 0.15) is 12.4 Å². The first-order valence-corrected chi connectivity index (χ1v) is 14.5. The second-order valence-electron chi connectivity index (χ2n) is 9.79. The fraction of sp³-hybridized carbons (Fsp3) is 0.212. The van der Waals surface area contributed by atoms with Crippen LogP contribution in [0.1, 0.15) is 15.9 Å². The number of nitrogens with two attached hydrogens (primary N) is 1. The summed E-state index contributed by atoms with van der Waals surface area (Å²) in [6, 6.07) is 26.0. The quantitative estimate of drug-likeness (QED) is 0.188. The van der Waals surface area contributed by atoms with Gasteiger partial charge in [-0.1, -0.05) is 53.5 Å². The summed E-state index contributed by atoms with van der Waals surface area (Å²) in [5, 5.41) is 17.5. The molecule has 0 atom stereocenters. The normalized spacial score (nSPS) is 13.0. The molecule has 8 nitrogen and oxygen atoms in total. The van der Waals surface area contributed by atoms with Crippen LogP contribution in [0.25, 0.3) is 11.1 Å². The standard InChI is InChI=1S/C26H28ClN3O2.C7H6ClNO2/c1-31-25-18-20(19-28)17-24(21-5-3-2-4-6-21)26(25)32-16-15-29-11-13-30(14-12-29)23-9-7-22(27)8-10-23;8-5-3-4(7(9)11)1-2-6(5)10/h2-10,17-19,28H,11-16H2,1H3;1-3,10H,(H2,9,11). The molecular weight excluding hydrogens is 587 g/mol. The Morgan fingerprint density at radius 3 is 2.28 bits per heavy atom. The van der Waals surface area contributed by atoms with E-state index in [1.807, 2.05) is 54.6 Å². The van der Waals surface area contributed by atoms with Gasteiger partial charge in [0.2, 0.25) is 5.91 Å². The number of rotatable bonds is 9. The Morgan fingerprint density at radius 2 is 1.67 bits per heavy atom. The highest BCUT2D eigenvalue weighted by molar-refractivity contribution is 6.32. The number of nitrogens with one attached hydrogen (secondary N) is 1. The van der Waals surface area contributed by atoms with E-state index in [1.165, 1.54) is 30.1 Å². The molecule has 1 aliphatic rings. The van der Waals surface area contributed by atoms with Gasteiger partial charge >= 0.3 is 0 Å². The number of benzene rings is 4. The maximum Gasteiger partial charge on any atom is 0.248 e. The van der Waals surface area contributed by atoms with Crippen molar-refractivity contribution in [3.05, 3.63) is 106 Å². The minimum Gasteiger partial charge on any atom is -0.506 e. The third kappa shape index (κ3) is 8.64. The smallest absolute Gasteiger partial charge is 0.248 e. The van der Waals surface area contributed by atoms with Crippen LogP contribution in [-0.4, -0.2) is 68.6 Å². The average molecular weight is 622 g/mol. The molecule has 224 valence electrons. The van der Waals surface area contributed by atoms with Crippen LogP contribution in [0, 0.1) is 5.41 Å². The van der Waals surface area contributed by atoms with Crippen molar-refractivity contribution in [1.82, 2.24) is 4.90 Å². The molecule has 1 aliphatic heterocycles. The third-order valence-corrected chi connectivity index (χ3v) is 7.55. The van der Waals surface area contributed by atoms with Crippen molar-refractivity contribution >= 4 is 41.0 Å². The molecule has 10 heteroatoms. The SMILES string of the molecule is COc1cc(C=N)cc(-c2ccccc2)c1OCCN1CCN(c2ccc(Cl)cc2)CC1.NC(=O)c1ccc(O)c(Cl)c1. The summed E-state index contributed by atoms with van der Waals surface area (Å²) in [5.74, 6) is 0.755. The number of hydrogen-bond acceptors (Lipinski definition) is 7.